The number of carbonyl (C=O) groups is 2. The van der Waals surface area contributed by atoms with Crippen LogP contribution in [0.5, 0.6) is 0 Å². The first kappa shape index (κ1) is 15.2. The quantitative estimate of drug-likeness (QED) is 0.493. The highest BCUT2D eigenvalue weighted by molar-refractivity contribution is 6.39. The lowest BCUT2D eigenvalue weighted by molar-refractivity contribution is -0.383. The average Bonchev–Trinajstić information content (AvgIpc) is 3.00. The molecule has 0 aliphatic heterocycles. The molecule has 22 heavy (non-hydrogen) atoms. The Bertz CT molecular complexity index is 682. The van der Waals surface area contributed by atoms with Gasteiger partial charge in [-0.3, -0.25) is 19.7 Å². The molecule has 0 aliphatic rings. The van der Waals surface area contributed by atoms with Crippen LogP contribution >= 0.6 is 0 Å². The Kier molecular flexibility index (Phi) is 4.86. The van der Waals surface area contributed by atoms with Crippen LogP contribution in [0.15, 0.2) is 47.3 Å². The van der Waals surface area contributed by atoms with Gasteiger partial charge in [0.1, 0.15) is 5.69 Å². The molecule has 0 saturated heterocycles. The maximum Gasteiger partial charge on any atom is 0.313 e. The molecule has 2 rings (SSSR count). The number of furan rings is 1. The van der Waals surface area contributed by atoms with E-state index >= 15 is 0 Å². The van der Waals surface area contributed by atoms with E-state index in [1.807, 2.05) is 0 Å². The van der Waals surface area contributed by atoms with E-state index in [1.54, 1.807) is 12.3 Å². The number of amides is 2. The van der Waals surface area contributed by atoms with Gasteiger partial charge in [0.15, 0.2) is 0 Å². The molecule has 8 heteroatoms. The molecule has 0 spiro atoms. The molecular formula is C14H13N3O5. The number of hydrogen-bond acceptors (Lipinski definition) is 5. The topological polar surface area (TPSA) is 114 Å². The second-order valence-electron chi connectivity index (χ2n) is 4.37. The van der Waals surface area contributed by atoms with Crippen molar-refractivity contribution in [1.82, 2.24) is 5.32 Å². The Balaban J connectivity index is 1.89. The third-order valence-corrected chi connectivity index (χ3v) is 2.83. The van der Waals surface area contributed by atoms with Gasteiger partial charge in [-0.25, -0.2) is 0 Å². The number of nitrogens with one attached hydrogen (secondary N) is 2. The largest absolute Gasteiger partial charge is 0.472 e. The lowest BCUT2D eigenvalue weighted by Gasteiger charge is -2.06. The van der Waals surface area contributed by atoms with Gasteiger partial charge >= 0.3 is 11.8 Å². The van der Waals surface area contributed by atoms with Crippen molar-refractivity contribution in [2.24, 2.45) is 0 Å². The van der Waals surface area contributed by atoms with Gasteiger partial charge in [0.25, 0.3) is 5.69 Å². The number of carbonyl (C=O) groups excluding carboxylic acids is 2. The number of nitro groups is 1. The van der Waals surface area contributed by atoms with Crippen molar-refractivity contribution in [3.63, 3.8) is 0 Å². The fourth-order valence-electron chi connectivity index (χ4n) is 1.75. The van der Waals surface area contributed by atoms with Crippen LogP contribution in [0.3, 0.4) is 0 Å². The van der Waals surface area contributed by atoms with E-state index in [9.17, 15) is 19.7 Å². The van der Waals surface area contributed by atoms with Crippen LogP contribution < -0.4 is 10.6 Å². The van der Waals surface area contributed by atoms with E-state index in [-0.39, 0.29) is 17.9 Å². The number of hydrogen-bond donors (Lipinski definition) is 2. The molecule has 0 fully saturated rings. The van der Waals surface area contributed by atoms with Crippen molar-refractivity contribution >= 4 is 23.2 Å². The predicted octanol–water partition coefficient (Wildman–Crippen LogP) is 1.49. The van der Waals surface area contributed by atoms with E-state index in [0.717, 1.165) is 5.56 Å². The van der Waals surface area contributed by atoms with Gasteiger partial charge in [-0.1, -0.05) is 12.1 Å². The van der Waals surface area contributed by atoms with Gasteiger partial charge in [-0.05, 0) is 24.1 Å². The highest BCUT2D eigenvalue weighted by Crippen LogP contribution is 2.22. The van der Waals surface area contributed by atoms with Gasteiger partial charge < -0.3 is 15.1 Å². The molecule has 8 nitrogen and oxygen atoms in total. The normalized spacial score (nSPS) is 10.0. The van der Waals surface area contributed by atoms with Crippen LogP contribution in [-0.2, 0) is 16.0 Å². The summed E-state index contributed by atoms with van der Waals surface area (Å²) in [6.07, 6.45) is 3.57. The monoisotopic (exact) mass is 303 g/mol. The predicted molar refractivity (Wildman–Crippen MR) is 77.1 cm³/mol. The smallest absolute Gasteiger partial charge is 0.313 e. The molecule has 0 saturated carbocycles. The third kappa shape index (κ3) is 3.92. The number of nitro benzene ring substituents is 1. The Hall–Kier alpha value is -3.16. The third-order valence-electron chi connectivity index (χ3n) is 2.83. The van der Waals surface area contributed by atoms with E-state index < -0.39 is 16.7 Å². The number of nitrogens with zero attached hydrogens (tertiary/aromatic N) is 1. The first-order chi connectivity index (χ1) is 10.6. The molecular weight excluding hydrogens is 290 g/mol. The van der Waals surface area contributed by atoms with E-state index in [2.05, 4.69) is 10.6 Å². The standard InChI is InChI=1S/C14H13N3O5/c18-13(15-7-5-10-6-8-22-9-10)14(19)16-11-3-1-2-4-12(11)17(20)21/h1-4,6,8-9H,5,7H2,(H,15,18)(H,16,19). The van der Waals surface area contributed by atoms with E-state index in [1.165, 1.54) is 30.5 Å². The zero-order valence-corrected chi connectivity index (χ0v) is 11.4. The lowest BCUT2D eigenvalue weighted by atomic mass is 10.2. The van der Waals surface area contributed by atoms with Crippen LogP contribution in [-0.4, -0.2) is 23.3 Å². The maximum absolute atomic E-state index is 11.7. The molecule has 0 aliphatic carbocycles. The van der Waals surface area contributed by atoms with Gasteiger partial charge in [-0.15, -0.1) is 0 Å². The van der Waals surface area contributed by atoms with Gasteiger partial charge in [-0.2, -0.15) is 0 Å². The first-order valence-corrected chi connectivity index (χ1v) is 6.41. The summed E-state index contributed by atoms with van der Waals surface area (Å²) < 4.78 is 4.88. The van der Waals surface area contributed by atoms with Crippen molar-refractivity contribution in [2.45, 2.75) is 6.42 Å². The fraction of sp³-hybridized carbons (Fsp3) is 0.143. The SMILES string of the molecule is O=C(NCCc1ccoc1)C(=O)Nc1ccccc1[N+](=O)[O-]. The molecule has 0 atom stereocenters. The Labute approximate surface area is 125 Å². The van der Waals surface area contributed by atoms with Crippen molar-refractivity contribution in [3.05, 3.63) is 58.5 Å². The molecule has 1 aromatic heterocycles. The molecule has 0 bridgehead atoms. The highest BCUT2D eigenvalue weighted by atomic mass is 16.6. The second kappa shape index (κ2) is 7.02. The summed E-state index contributed by atoms with van der Waals surface area (Å²) in [7, 11) is 0. The maximum atomic E-state index is 11.7. The molecule has 114 valence electrons. The second-order valence-corrected chi connectivity index (χ2v) is 4.37. The van der Waals surface area contributed by atoms with Crippen LogP contribution in [0, 0.1) is 10.1 Å². The highest BCUT2D eigenvalue weighted by Gasteiger charge is 2.19. The Morgan fingerprint density at radius 2 is 1.95 bits per heavy atom. The van der Waals surface area contributed by atoms with Gasteiger partial charge in [0.05, 0.1) is 17.4 Å². The molecule has 0 unspecified atom stereocenters. The summed E-state index contributed by atoms with van der Waals surface area (Å²) in [6.45, 7) is 0.253. The van der Waals surface area contributed by atoms with Gasteiger partial charge in [0.2, 0.25) is 0 Å². The van der Waals surface area contributed by atoms with E-state index in [0.29, 0.717) is 6.42 Å². The van der Waals surface area contributed by atoms with Gasteiger partial charge in [0, 0.05) is 12.6 Å². The lowest BCUT2D eigenvalue weighted by Crippen LogP contribution is -2.36. The number of benzene rings is 1. The number of anilines is 1. The zero-order valence-electron chi connectivity index (χ0n) is 11.4. The summed E-state index contributed by atoms with van der Waals surface area (Å²) >= 11 is 0. The Morgan fingerprint density at radius 3 is 2.64 bits per heavy atom. The van der Waals surface area contributed by atoms with Crippen LogP contribution in [0.2, 0.25) is 0 Å². The summed E-state index contributed by atoms with van der Waals surface area (Å²) in [5.41, 5.74) is 0.587. The number of rotatable bonds is 5. The first-order valence-electron chi connectivity index (χ1n) is 6.41. The molecule has 2 aromatic rings. The summed E-state index contributed by atoms with van der Waals surface area (Å²) in [5.74, 6) is -1.82. The van der Waals surface area contributed by atoms with Crippen molar-refractivity contribution in [3.8, 4) is 0 Å². The minimum absolute atomic E-state index is 0.0255. The molecule has 2 N–H and O–H groups in total. The van der Waals surface area contributed by atoms with Crippen molar-refractivity contribution < 1.29 is 18.9 Å². The van der Waals surface area contributed by atoms with Crippen LogP contribution in [0.1, 0.15) is 5.56 Å². The molecule has 1 aromatic carbocycles. The summed E-state index contributed by atoms with van der Waals surface area (Å²) in [5, 5.41) is 15.5. The van der Waals surface area contributed by atoms with E-state index in [4.69, 9.17) is 4.42 Å². The molecule has 2 amide bonds. The van der Waals surface area contributed by atoms with Crippen LogP contribution in [0.25, 0.3) is 0 Å². The molecule has 1 heterocycles. The molecule has 0 radical (unpaired) electrons. The Morgan fingerprint density at radius 1 is 1.18 bits per heavy atom. The minimum atomic E-state index is -0.957. The average molecular weight is 303 g/mol. The van der Waals surface area contributed by atoms with Crippen LogP contribution in [0.4, 0.5) is 11.4 Å². The fourth-order valence-corrected chi connectivity index (χ4v) is 1.75. The number of para-hydroxylation sites is 2. The van der Waals surface area contributed by atoms with Crippen molar-refractivity contribution in [1.29, 1.82) is 0 Å². The summed E-state index contributed by atoms with van der Waals surface area (Å²) in [4.78, 5) is 33.5. The summed E-state index contributed by atoms with van der Waals surface area (Å²) in [6, 6.07) is 7.35. The zero-order chi connectivity index (χ0) is 15.9. The van der Waals surface area contributed by atoms with Crippen molar-refractivity contribution in [2.75, 3.05) is 11.9 Å². The minimum Gasteiger partial charge on any atom is -0.472 e.